The van der Waals surface area contributed by atoms with Gasteiger partial charge in [0.1, 0.15) is 5.75 Å². The molecule has 0 radical (unpaired) electrons. The van der Waals surface area contributed by atoms with E-state index in [9.17, 15) is 24.0 Å². The highest BCUT2D eigenvalue weighted by molar-refractivity contribution is 6.21. The van der Waals surface area contributed by atoms with Crippen LogP contribution in [0.25, 0.3) is 0 Å². The smallest absolute Gasteiger partial charge is 0.434 e. The first-order chi connectivity index (χ1) is 18.4. The lowest BCUT2D eigenvalue weighted by Crippen LogP contribution is -2.34. The van der Waals surface area contributed by atoms with Gasteiger partial charge >= 0.3 is 6.16 Å². The van der Waals surface area contributed by atoms with Crippen LogP contribution in [0.3, 0.4) is 0 Å². The predicted molar refractivity (Wildman–Crippen MR) is 137 cm³/mol. The molecule has 38 heavy (non-hydrogen) atoms. The normalized spacial score (nSPS) is 12.1. The van der Waals surface area contributed by atoms with Gasteiger partial charge in [-0.1, -0.05) is 24.3 Å². The molecule has 0 fully saturated rings. The molecule has 1 aliphatic rings. The number of amides is 4. The first kappa shape index (κ1) is 26.1. The second kappa shape index (κ2) is 11.8. The summed E-state index contributed by atoms with van der Waals surface area (Å²) in [5.41, 5.74) is 2.32. The Morgan fingerprint density at radius 1 is 0.868 bits per heavy atom. The maximum Gasteiger partial charge on any atom is 0.513 e. The molecular weight excluding hydrogens is 490 g/mol. The number of rotatable bonds is 9. The van der Waals surface area contributed by atoms with E-state index in [0.717, 1.165) is 10.5 Å². The van der Waals surface area contributed by atoms with E-state index in [4.69, 9.17) is 9.47 Å². The van der Waals surface area contributed by atoms with Gasteiger partial charge in [0.25, 0.3) is 17.7 Å². The van der Waals surface area contributed by atoms with Crippen LogP contribution in [0.1, 0.15) is 50.0 Å². The van der Waals surface area contributed by atoms with Gasteiger partial charge in [0, 0.05) is 30.8 Å². The molecule has 0 saturated heterocycles. The first-order valence-electron chi connectivity index (χ1n) is 11.9. The van der Waals surface area contributed by atoms with Crippen molar-refractivity contribution in [3.8, 4) is 5.75 Å². The van der Waals surface area contributed by atoms with Crippen LogP contribution in [0.2, 0.25) is 0 Å². The van der Waals surface area contributed by atoms with Crippen LogP contribution in [-0.4, -0.2) is 47.8 Å². The van der Waals surface area contributed by atoms with E-state index in [1.54, 1.807) is 55.5 Å². The molecule has 2 N–H and O–H groups in total. The highest BCUT2D eigenvalue weighted by Gasteiger charge is 2.34. The van der Waals surface area contributed by atoms with E-state index in [2.05, 4.69) is 10.6 Å². The molecule has 0 aliphatic carbocycles. The van der Waals surface area contributed by atoms with Gasteiger partial charge < -0.3 is 20.1 Å². The number of anilines is 1. The predicted octanol–water partition coefficient (Wildman–Crippen LogP) is 3.78. The molecule has 0 atom stereocenters. The Balaban J connectivity index is 1.26. The van der Waals surface area contributed by atoms with E-state index < -0.39 is 18.0 Å². The maximum atomic E-state index is 12.6. The number of hydrogen-bond acceptors (Lipinski definition) is 7. The molecule has 194 valence electrons. The molecule has 1 aliphatic heterocycles. The van der Waals surface area contributed by atoms with E-state index >= 15 is 0 Å². The highest BCUT2D eigenvalue weighted by atomic mass is 16.7. The average Bonchev–Trinajstić information content (AvgIpc) is 3.16. The van der Waals surface area contributed by atoms with Crippen molar-refractivity contribution in [1.82, 2.24) is 10.2 Å². The lowest BCUT2D eigenvalue weighted by molar-refractivity contribution is -0.121. The number of nitrogens with zero attached hydrogens (tertiary/aromatic N) is 1. The van der Waals surface area contributed by atoms with Crippen molar-refractivity contribution in [1.29, 1.82) is 0 Å². The third kappa shape index (κ3) is 6.22. The number of fused-ring (bicyclic) bond motifs is 1. The molecule has 0 aromatic heterocycles. The van der Waals surface area contributed by atoms with Crippen LogP contribution in [0.15, 0.2) is 72.8 Å². The van der Waals surface area contributed by atoms with Crippen molar-refractivity contribution in [2.45, 2.75) is 19.9 Å². The van der Waals surface area contributed by atoms with Crippen molar-refractivity contribution in [2.75, 3.05) is 18.5 Å². The molecule has 10 nitrogen and oxygen atoms in total. The number of carbonyl (C=O) groups excluding carboxylic acids is 5. The fourth-order valence-corrected chi connectivity index (χ4v) is 3.82. The molecule has 0 spiro atoms. The standard InChI is InChI=1S/C28H25N3O7/c1-2-37-28(36)38-21-12-10-19(11-13-21)25(33)30-20-7-5-6-18(16-20)17-29-24(32)14-15-31-26(34)22-8-3-4-9-23(22)27(31)35/h3-13,16H,2,14-15,17H2,1H3,(H,29,32)(H,30,33). The Labute approximate surface area is 218 Å². The molecule has 0 bridgehead atoms. The van der Waals surface area contributed by atoms with Crippen molar-refractivity contribution in [3.63, 3.8) is 0 Å². The number of nitrogens with one attached hydrogen (secondary N) is 2. The highest BCUT2D eigenvalue weighted by Crippen LogP contribution is 2.22. The summed E-state index contributed by atoms with van der Waals surface area (Å²) in [5.74, 6) is -1.23. The summed E-state index contributed by atoms with van der Waals surface area (Å²) in [6.45, 7) is 2.04. The molecule has 3 aromatic rings. The first-order valence-corrected chi connectivity index (χ1v) is 11.9. The molecule has 4 rings (SSSR count). The number of carbonyl (C=O) groups is 5. The van der Waals surface area contributed by atoms with E-state index in [-0.39, 0.29) is 43.7 Å². The van der Waals surface area contributed by atoms with Crippen LogP contribution in [0.5, 0.6) is 5.75 Å². The van der Waals surface area contributed by atoms with Crippen LogP contribution in [0.4, 0.5) is 10.5 Å². The second-order valence-corrected chi connectivity index (χ2v) is 8.30. The van der Waals surface area contributed by atoms with Gasteiger partial charge in [-0.05, 0) is 61.0 Å². The molecular formula is C28H25N3O7. The van der Waals surface area contributed by atoms with E-state index in [1.165, 1.54) is 24.3 Å². The third-order valence-corrected chi connectivity index (χ3v) is 5.70. The lowest BCUT2D eigenvalue weighted by Gasteiger charge is -2.14. The zero-order valence-corrected chi connectivity index (χ0v) is 20.6. The number of hydrogen-bond donors (Lipinski definition) is 2. The minimum atomic E-state index is -0.822. The van der Waals surface area contributed by atoms with Crippen molar-refractivity contribution in [3.05, 3.63) is 95.1 Å². The maximum absolute atomic E-state index is 12.6. The monoisotopic (exact) mass is 515 g/mol. The average molecular weight is 516 g/mol. The number of benzene rings is 3. The van der Waals surface area contributed by atoms with Gasteiger partial charge in [0.15, 0.2) is 0 Å². The summed E-state index contributed by atoms with van der Waals surface area (Å²) in [4.78, 5) is 62.3. The summed E-state index contributed by atoms with van der Waals surface area (Å²) in [5, 5.41) is 5.55. The summed E-state index contributed by atoms with van der Waals surface area (Å²) in [6.07, 6.45) is -0.852. The van der Waals surface area contributed by atoms with Crippen LogP contribution >= 0.6 is 0 Å². The van der Waals surface area contributed by atoms with E-state index in [1.807, 2.05) is 0 Å². The molecule has 0 unspecified atom stereocenters. The van der Waals surface area contributed by atoms with Gasteiger partial charge in [-0.2, -0.15) is 0 Å². The largest absolute Gasteiger partial charge is 0.513 e. The van der Waals surface area contributed by atoms with Crippen LogP contribution < -0.4 is 15.4 Å². The molecule has 10 heteroatoms. The quantitative estimate of drug-likeness (QED) is 0.252. The number of imide groups is 1. The minimum Gasteiger partial charge on any atom is -0.434 e. The Morgan fingerprint density at radius 2 is 1.55 bits per heavy atom. The van der Waals surface area contributed by atoms with Crippen molar-refractivity contribution >= 4 is 35.5 Å². The molecule has 3 aromatic carbocycles. The minimum absolute atomic E-state index is 0.0160. The fraction of sp³-hybridized carbons (Fsp3) is 0.179. The SMILES string of the molecule is CCOC(=O)Oc1ccc(C(=O)Nc2cccc(CNC(=O)CCN3C(=O)c4ccccc4C3=O)c2)cc1. The fourth-order valence-electron chi connectivity index (χ4n) is 3.82. The zero-order valence-electron chi connectivity index (χ0n) is 20.6. The molecule has 4 amide bonds. The lowest BCUT2D eigenvalue weighted by atomic mass is 10.1. The van der Waals surface area contributed by atoms with Gasteiger partial charge in [0.05, 0.1) is 17.7 Å². The van der Waals surface area contributed by atoms with Gasteiger partial charge in [-0.3, -0.25) is 24.1 Å². The summed E-state index contributed by atoms with van der Waals surface area (Å²) in [6, 6.07) is 19.5. The van der Waals surface area contributed by atoms with Crippen molar-refractivity contribution in [2.24, 2.45) is 0 Å². The van der Waals surface area contributed by atoms with E-state index in [0.29, 0.717) is 22.4 Å². The Hall–Kier alpha value is -4.99. The Kier molecular flexibility index (Phi) is 8.12. The molecule has 1 heterocycles. The Bertz CT molecular complexity index is 1350. The van der Waals surface area contributed by atoms with Gasteiger partial charge in [-0.25, -0.2) is 4.79 Å². The molecule has 0 saturated carbocycles. The second-order valence-electron chi connectivity index (χ2n) is 8.30. The number of ether oxygens (including phenoxy) is 2. The Morgan fingerprint density at radius 3 is 2.21 bits per heavy atom. The van der Waals surface area contributed by atoms with Crippen LogP contribution in [0, 0.1) is 0 Å². The zero-order chi connectivity index (χ0) is 27.1. The topological polar surface area (TPSA) is 131 Å². The van der Waals surface area contributed by atoms with Crippen LogP contribution in [-0.2, 0) is 16.1 Å². The van der Waals surface area contributed by atoms with Crippen molar-refractivity contribution < 1.29 is 33.4 Å². The summed E-state index contributed by atoms with van der Waals surface area (Å²) < 4.78 is 9.69. The summed E-state index contributed by atoms with van der Waals surface area (Å²) in [7, 11) is 0. The summed E-state index contributed by atoms with van der Waals surface area (Å²) >= 11 is 0. The third-order valence-electron chi connectivity index (χ3n) is 5.70. The van der Waals surface area contributed by atoms with Gasteiger partial charge in [-0.15, -0.1) is 0 Å². The van der Waals surface area contributed by atoms with Gasteiger partial charge in [0.2, 0.25) is 5.91 Å².